The third-order valence-electron chi connectivity index (χ3n) is 10.7. The molecule has 53 heavy (non-hydrogen) atoms. The quantitative estimate of drug-likeness (QED) is 0.182. The van der Waals surface area contributed by atoms with Gasteiger partial charge in [-0.15, -0.1) is 0 Å². The molecule has 11 aromatic rings. The minimum Gasteiger partial charge on any atom is -0.455 e. The van der Waals surface area contributed by atoms with Gasteiger partial charge in [-0.2, -0.15) is 0 Å². The van der Waals surface area contributed by atoms with Gasteiger partial charge in [0.05, 0.1) is 17.1 Å². The molecular formula is C50H31NO2. The number of hydrogen-bond donors (Lipinski definition) is 0. The van der Waals surface area contributed by atoms with Crippen molar-refractivity contribution in [1.82, 2.24) is 0 Å². The number of anilines is 3. The van der Waals surface area contributed by atoms with Crippen LogP contribution in [-0.4, -0.2) is 0 Å². The van der Waals surface area contributed by atoms with Gasteiger partial charge in [0, 0.05) is 54.6 Å². The monoisotopic (exact) mass is 677 g/mol. The van der Waals surface area contributed by atoms with E-state index in [0.717, 1.165) is 94.0 Å². The van der Waals surface area contributed by atoms with E-state index < -0.39 is 0 Å². The fourth-order valence-electron chi connectivity index (χ4n) is 8.28. The molecule has 2 aromatic heterocycles. The summed E-state index contributed by atoms with van der Waals surface area (Å²) >= 11 is 0. The largest absolute Gasteiger partial charge is 0.455 e. The van der Waals surface area contributed by atoms with Crippen LogP contribution in [0.5, 0.6) is 0 Å². The lowest BCUT2D eigenvalue weighted by Gasteiger charge is -2.31. The Labute approximate surface area is 305 Å². The SMILES string of the molecule is c1ccc(N(c2ccccc2-c2cccc3c2oc2c4ccccc4ccc32)c2cccc3ccccc23)c(-c2cccc3c2oc2ccccc23)c1. The highest BCUT2D eigenvalue weighted by atomic mass is 16.3. The Hall–Kier alpha value is -7.10. The number of benzene rings is 9. The number of nitrogens with zero attached hydrogens (tertiary/aromatic N) is 1. The van der Waals surface area contributed by atoms with E-state index in [1.807, 2.05) is 12.1 Å². The number of para-hydroxylation sites is 5. The fraction of sp³-hybridized carbons (Fsp3) is 0. The van der Waals surface area contributed by atoms with Crippen molar-refractivity contribution >= 4 is 82.5 Å². The molecule has 0 aliphatic rings. The zero-order chi connectivity index (χ0) is 34.9. The van der Waals surface area contributed by atoms with Crippen LogP contribution in [-0.2, 0) is 0 Å². The van der Waals surface area contributed by atoms with Crippen molar-refractivity contribution in [3.8, 4) is 22.3 Å². The summed E-state index contributed by atoms with van der Waals surface area (Å²) in [5.74, 6) is 0. The maximum Gasteiger partial charge on any atom is 0.143 e. The normalized spacial score (nSPS) is 11.8. The highest BCUT2D eigenvalue weighted by Crippen LogP contribution is 2.49. The summed E-state index contributed by atoms with van der Waals surface area (Å²) in [6.45, 7) is 0. The minimum atomic E-state index is 0.879. The van der Waals surface area contributed by atoms with Crippen LogP contribution in [0.1, 0.15) is 0 Å². The number of rotatable bonds is 5. The van der Waals surface area contributed by atoms with Crippen molar-refractivity contribution in [2.24, 2.45) is 0 Å². The van der Waals surface area contributed by atoms with Crippen LogP contribution in [0.3, 0.4) is 0 Å². The Kier molecular flexibility index (Phi) is 6.55. The average Bonchev–Trinajstić information content (AvgIpc) is 3.81. The fourth-order valence-corrected chi connectivity index (χ4v) is 8.28. The lowest BCUT2D eigenvalue weighted by molar-refractivity contribution is 0.670. The van der Waals surface area contributed by atoms with Gasteiger partial charge in [-0.05, 0) is 41.1 Å². The zero-order valence-corrected chi connectivity index (χ0v) is 28.7. The summed E-state index contributed by atoms with van der Waals surface area (Å²) in [7, 11) is 0. The van der Waals surface area contributed by atoms with Gasteiger partial charge < -0.3 is 13.7 Å². The van der Waals surface area contributed by atoms with Crippen LogP contribution >= 0.6 is 0 Å². The summed E-state index contributed by atoms with van der Waals surface area (Å²) in [5.41, 5.74) is 11.0. The van der Waals surface area contributed by atoms with E-state index in [9.17, 15) is 0 Å². The predicted molar refractivity (Wildman–Crippen MR) is 222 cm³/mol. The molecule has 0 bridgehead atoms. The van der Waals surface area contributed by atoms with Crippen LogP contribution < -0.4 is 4.90 Å². The Bertz CT molecular complexity index is 3200. The summed E-state index contributed by atoms with van der Waals surface area (Å²) in [6.07, 6.45) is 0. The first kappa shape index (κ1) is 29.6. The third kappa shape index (κ3) is 4.54. The molecule has 0 unspecified atom stereocenters. The van der Waals surface area contributed by atoms with Crippen molar-refractivity contribution in [3.63, 3.8) is 0 Å². The molecule has 248 valence electrons. The maximum absolute atomic E-state index is 6.91. The second-order valence-corrected chi connectivity index (χ2v) is 13.6. The maximum atomic E-state index is 6.91. The van der Waals surface area contributed by atoms with Crippen molar-refractivity contribution in [1.29, 1.82) is 0 Å². The van der Waals surface area contributed by atoms with Gasteiger partial charge in [0.1, 0.15) is 22.3 Å². The summed E-state index contributed by atoms with van der Waals surface area (Å²) in [6, 6.07) is 66.7. The topological polar surface area (TPSA) is 29.5 Å². The standard InChI is InChI=1S/C50H31NO2/c1-3-17-34-32(14-1)16-11-28-44(34)51(45-26-8-5-19-36(45)39-22-12-24-41-38-21-7-10-29-47(38)52-49(39)41)46-27-9-6-20-37(46)40-23-13-25-42-43-31-30-33-15-2-4-18-35(33)48(43)53-50(40)42/h1-31H. The Balaban J connectivity index is 1.21. The van der Waals surface area contributed by atoms with Gasteiger partial charge in [0.25, 0.3) is 0 Å². The van der Waals surface area contributed by atoms with Crippen LogP contribution in [0.2, 0.25) is 0 Å². The molecule has 0 atom stereocenters. The zero-order valence-electron chi connectivity index (χ0n) is 28.7. The molecule has 3 nitrogen and oxygen atoms in total. The van der Waals surface area contributed by atoms with E-state index in [-0.39, 0.29) is 0 Å². The molecule has 0 N–H and O–H groups in total. The van der Waals surface area contributed by atoms with Gasteiger partial charge in [0.15, 0.2) is 0 Å². The van der Waals surface area contributed by atoms with Gasteiger partial charge in [-0.1, -0.05) is 158 Å². The van der Waals surface area contributed by atoms with Crippen molar-refractivity contribution in [2.45, 2.75) is 0 Å². The third-order valence-corrected chi connectivity index (χ3v) is 10.7. The number of furan rings is 2. The van der Waals surface area contributed by atoms with E-state index >= 15 is 0 Å². The molecule has 0 saturated heterocycles. The summed E-state index contributed by atoms with van der Waals surface area (Å²) in [4.78, 5) is 2.42. The van der Waals surface area contributed by atoms with E-state index in [0.29, 0.717) is 0 Å². The highest BCUT2D eigenvalue weighted by molar-refractivity contribution is 6.18. The minimum absolute atomic E-state index is 0.879. The lowest BCUT2D eigenvalue weighted by atomic mass is 9.96. The highest BCUT2D eigenvalue weighted by Gasteiger charge is 2.25. The molecule has 0 aliphatic heterocycles. The predicted octanol–water partition coefficient (Wildman–Crippen LogP) is 14.6. The molecule has 0 aliphatic carbocycles. The molecule has 0 spiro atoms. The molecule has 3 heteroatoms. The summed E-state index contributed by atoms with van der Waals surface area (Å²) in [5, 5.41) is 9.06. The average molecular weight is 678 g/mol. The van der Waals surface area contributed by atoms with E-state index in [2.05, 4.69) is 181 Å². The smallest absolute Gasteiger partial charge is 0.143 e. The first-order valence-corrected chi connectivity index (χ1v) is 18.0. The molecule has 11 rings (SSSR count). The molecular weight excluding hydrogens is 647 g/mol. The number of fused-ring (bicyclic) bond motifs is 9. The summed E-state index contributed by atoms with van der Waals surface area (Å²) < 4.78 is 13.5. The molecule has 0 amide bonds. The Morgan fingerprint density at radius 1 is 0.264 bits per heavy atom. The van der Waals surface area contributed by atoms with Gasteiger partial charge in [-0.25, -0.2) is 0 Å². The van der Waals surface area contributed by atoms with Gasteiger partial charge >= 0.3 is 0 Å². The van der Waals surface area contributed by atoms with Crippen LogP contribution in [0, 0.1) is 0 Å². The first-order chi connectivity index (χ1) is 26.3. The van der Waals surface area contributed by atoms with Crippen molar-refractivity contribution in [2.75, 3.05) is 4.90 Å². The van der Waals surface area contributed by atoms with E-state index in [4.69, 9.17) is 8.83 Å². The van der Waals surface area contributed by atoms with Gasteiger partial charge in [-0.3, -0.25) is 0 Å². The van der Waals surface area contributed by atoms with Crippen molar-refractivity contribution in [3.05, 3.63) is 188 Å². The Morgan fingerprint density at radius 3 is 1.45 bits per heavy atom. The van der Waals surface area contributed by atoms with Crippen molar-refractivity contribution < 1.29 is 8.83 Å². The van der Waals surface area contributed by atoms with Crippen LogP contribution in [0.15, 0.2) is 197 Å². The molecule has 0 saturated carbocycles. The Morgan fingerprint density at radius 2 is 0.717 bits per heavy atom. The van der Waals surface area contributed by atoms with Gasteiger partial charge in [0.2, 0.25) is 0 Å². The molecule has 0 fully saturated rings. The van der Waals surface area contributed by atoms with E-state index in [1.165, 1.54) is 10.8 Å². The lowest BCUT2D eigenvalue weighted by Crippen LogP contribution is -2.13. The van der Waals surface area contributed by atoms with Crippen LogP contribution in [0.4, 0.5) is 17.1 Å². The molecule has 9 aromatic carbocycles. The molecule has 0 radical (unpaired) electrons. The first-order valence-electron chi connectivity index (χ1n) is 18.0. The van der Waals surface area contributed by atoms with Crippen LogP contribution in [0.25, 0.3) is 87.7 Å². The van der Waals surface area contributed by atoms with E-state index in [1.54, 1.807) is 0 Å². The second kappa shape index (κ2) is 11.7. The number of hydrogen-bond acceptors (Lipinski definition) is 3. The molecule has 2 heterocycles. The second-order valence-electron chi connectivity index (χ2n) is 13.6.